The van der Waals surface area contributed by atoms with Crippen molar-refractivity contribution in [3.05, 3.63) is 23.8 Å². The number of amides is 1. The van der Waals surface area contributed by atoms with E-state index in [1.165, 1.54) is 0 Å². The molecule has 1 N–H and O–H groups in total. The highest BCUT2D eigenvalue weighted by Gasteiger charge is 2.24. The molecule has 0 unspecified atom stereocenters. The summed E-state index contributed by atoms with van der Waals surface area (Å²) in [7, 11) is 3.20. The first-order valence-corrected chi connectivity index (χ1v) is 6.35. The van der Waals surface area contributed by atoms with Crippen molar-refractivity contribution in [1.82, 2.24) is 10.2 Å². The fourth-order valence-corrected chi connectivity index (χ4v) is 2.22. The first-order chi connectivity index (χ1) is 9.15. The Morgan fingerprint density at radius 1 is 1.32 bits per heavy atom. The first kappa shape index (κ1) is 13.6. The summed E-state index contributed by atoms with van der Waals surface area (Å²) in [5, 5.41) is 3.36. The van der Waals surface area contributed by atoms with Crippen molar-refractivity contribution < 1.29 is 14.3 Å². The van der Waals surface area contributed by atoms with Crippen molar-refractivity contribution >= 4 is 23.2 Å². The number of hydrogen-bond donors (Lipinski definition) is 1. The smallest absolute Gasteiger partial charge is 0.248 e. The molecule has 102 valence electrons. The van der Waals surface area contributed by atoms with Gasteiger partial charge in [-0.2, -0.15) is 0 Å². The number of carbonyl (C=O) groups excluding carboxylic acids is 1. The number of hydrogen-bond acceptors (Lipinski definition) is 4. The molecule has 0 radical (unpaired) electrons. The predicted molar refractivity (Wildman–Crippen MR) is 75.6 cm³/mol. The van der Waals surface area contributed by atoms with Crippen molar-refractivity contribution in [2.45, 2.75) is 6.42 Å². The van der Waals surface area contributed by atoms with Crippen LogP contribution in [-0.4, -0.2) is 43.2 Å². The maximum absolute atomic E-state index is 11.6. The lowest BCUT2D eigenvalue weighted by Gasteiger charge is -2.15. The van der Waals surface area contributed by atoms with Gasteiger partial charge in [0.25, 0.3) is 0 Å². The van der Waals surface area contributed by atoms with Gasteiger partial charge in [0.2, 0.25) is 5.91 Å². The van der Waals surface area contributed by atoms with Crippen molar-refractivity contribution in [2.75, 3.05) is 27.3 Å². The van der Waals surface area contributed by atoms with E-state index in [2.05, 4.69) is 5.32 Å². The molecule has 0 aliphatic carbocycles. The molecule has 1 amide bonds. The van der Waals surface area contributed by atoms with E-state index in [1.54, 1.807) is 19.1 Å². The normalized spacial score (nSPS) is 14.5. The molecule has 0 atom stereocenters. The predicted octanol–water partition coefficient (Wildman–Crippen LogP) is 0.963. The number of carbonyl (C=O) groups is 1. The van der Waals surface area contributed by atoms with Crippen molar-refractivity contribution in [1.29, 1.82) is 0 Å². The highest BCUT2D eigenvalue weighted by Crippen LogP contribution is 2.27. The first-order valence-electron chi connectivity index (χ1n) is 5.95. The molecule has 5 nitrogen and oxygen atoms in total. The Morgan fingerprint density at radius 3 is 2.63 bits per heavy atom. The van der Waals surface area contributed by atoms with Crippen molar-refractivity contribution in [3.8, 4) is 11.5 Å². The minimum absolute atomic E-state index is 0.0190. The van der Waals surface area contributed by atoms with Crippen LogP contribution >= 0.6 is 12.2 Å². The Morgan fingerprint density at radius 2 is 2.05 bits per heavy atom. The van der Waals surface area contributed by atoms with Gasteiger partial charge in [-0.3, -0.25) is 9.69 Å². The van der Waals surface area contributed by atoms with Gasteiger partial charge in [-0.1, -0.05) is 6.07 Å². The highest BCUT2D eigenvalue weighted by atomic mass is 32.1. The van der Waals surface area contributed by atoms with Crippen LogP contribution in [0.5, 0.6) is 11.5 Å². The minimum Gasteiger partial charge on any atom is -0.493 e. The topological polar surface area (TPSA) is 50.8 Å². The number of nitrogens with zero attached hydrogens (tertiary/aromatic N) is 1. The summed E-state index contributed by atoms with van der Waals surface area (Å²) in [5.74, 6) is 1.40. The summed E-state index contributed by atoms with van der Waals surface area (Å²) >= 11 is 5.07. The van der Waals surface area contributed by atoms with Crippen LogP contribution in [0, 0.1) is 0 Å². The lowest BCUT2D eigenvalue weighted by molar-refractivity contribution is -0.124. The molecule has 6 heteroatoms. The standard InChI is InChI=1S/C13H16N2O3S/c1-17-10-4-3-9(7-11(10)18-2)5-6-15-12(16)8-14-13(15)19/h3-4,7H,5-6,8H2,1-2H3,(H,14,19). The van der Waals surface area contributed by atoms with Crippen LogP contribution in [0.2, 0.25) is 0 Å². The largest absolute Gasteiger partial charge is 0.493 e. The number of rotatable bonds is 5. The Hall–Kier alpha value is -1.82. The number of methoxy groups -OCH3 is 2. The van der Waals surface area contributed by atoms with Crippen LogP contribution in [-0.2, 0) is 11.2 Å². The van der Waals surface area contributed by atoms with E-state index < -0.39 is 0 Å². The van der Waals surface area contributed by atoms with Gasteiger partial charge in [0.1, 0.15) is 0 Å². The monoisotopic (exact) mass is 280 g/mol. The molecular formula is C13H16N2O3S. The second-order valence-electron chi connectivity index (χ2n) is 4.14. The van der Waals surface area contributed by atoms with Crippen LogP contribution in [0.1, 0.15) is 5.56 Å². The lowest BCUT2D eigenvalue weighted by Crippen LogP contribution is -2.32. The molecule has 0 saturated carbocycles. The third-order valence-electron chi connectivity index (χ3n) is 3.01. The summed E-state index contributed by atoms with van der Waals surface area (Å²) < 4.78 is 10.4. The molecule has 1 aromatic carbocycles. The quantitative estimate of drug-likeness (QED) is 0.814. The molecule has 0 spiro atoms. The van der Waals surface area contributed by atoms with Crippen LogP contribution in [0.15, 0.2) is 18.2 Å². The van der Waals surface area contributed by atoms with E-state index in [-0.39, 0.29) is 5.91 Å². The van der Waals surface area contributed by atoms with Gasteiger partial charge in [-0.25, -0.2) is 0 Å². The average molecular weight is 280 g/mol. The third-order valence-corrected chi connectivity index (χ3v) is 3.37. The summed E-state index contributed by atoms with van der Waals surface area (Å²) in [5.41, 5.74) is 1.07. The van der Waals surface area contributed by atoms with E-state index >= 15 is 0 Å². The molecule has 0 bridgehead atoms. The summed E-state index contributed by atoms with van der Waals surface area (Å²) in [6.07, 6.45) is 0.716. The number of thiocarbonyl (C=S) groups is 1. The average Bonchev–Trinajstić information content (AvgIpc) is 2.75. The fraction of sp³-hybridized carbons (Fsp3) is 0.385. The molecule has 0 aromatic heterocycles. The minimum atomic E-state index is 0.0190. The van der Waals surface area contributed by atoms with Crippen LogP contribution in [0.4, 0.5) is 0 Å². The zero-order valence-electron chi connectivity index (χ0n) is 10.9. The molecule has 1 fully saturated rings. The zero-order valence-corrected chi connectivity index (χ0v) is 11.8. The van der Waals surface area contributed by atoms with E-state index in [1.807, 2.05) is 18.2 Å². The van der Waals surface area contributed by atoms with Crippen molar-refractivity contribution in [3.63, 3.8) is 0 Å². The summed E-state index contributed by atoms with van der Waals surface area (Å²) in [6.45, 7) is 0.866. The number of ether oxygens (including phenoxy) is 2. The number of nitrogens with one attached hydrogen (secondary N) is 1. The Balaban J connectivity index is 2.03. The van der Waals surface area contributed by atoms with Gasteiger partial charge in [-0.05, 0) is 36.3 Å². The molecule has 1 aliphatic heterocycles. The maximum atomic E-state index is 11.6. The number of benzene rings is 1. The second kappa shape index (κ2) is 5.88. The Bertz CT molecular complexity index is 489. The van der Waals surface area contributed by atoms with Gasteiger partial charge >= 0.3 is 0 Å². The molecular weight excluding hydrogens is 264 g/mol. The van der Waals surface area contributed by atoms with Gasteiger partial charge in [0.15, 0.2) is 16.6 Å². The molecule has 1 heterocycles. The van der Waals surface area contributed by atoms with E-state index in [0.717, 1.165) is 5.56 Å². The maximum Gasteiger partial charge on any atom is 0.248 e. The van der Waals surface area contributed by atoms with E-state index in [4.69, 9.17) is 21.7 Å². The SMILES string of the molecule is COc1ccc(CCN2C(=O)CNC2=S)cc1OC. The molecule has 1 aromatic rings. The Kier molecular flexibility index (Phi) is 4.21. The third kappa shape index (κ3) is 2.96. The molecule has 1 saturated heterocycles. The van der Waals surface area contributed by atoms with Crippen LogP contribution in [0.3, 0.4) is 0 Å². The zero-order chi connectivity index (χ0) is 13.8. The fourth-order valence-electron chi connectivity index (χ4n) is 1.96. The molecule has 1 aliphatic rings. The van der Waals surface area contributed by atoms with E-state index in [9.17, 15) is 4.79 Å². The Labute approximate surface area is 117 Å². The molecule has 19 heavy (non-hydrogen) atoms. The van der Waals surface area contributed by atoms with E-state index in [0.29, 0.717) is 36.1 Å². The van der Waals surface area contributed by atoms with Gasteiger partial charge in [0.05, 0.1) is 20.8 Å². The second-order valence-corrected chi connectivity index (χ2v) is 4.53. The molecule has 2 rings (SSSR count). The lowest BCUT2D eigenvalue weighted by atomic mass is 10.1. The van der Waals surface area contributed by atoms with Crippen LogP contribution < -0.4 is 14.8 Å². The van der Waals surface area contributed by atoms with Crippen molar-refractivity contribution in [2.24, 2.45) is 0 Å². The highest BCUT2D eigenvalue weighted by molar-refractivity contribution is 7.80. The van der Waals surface area contributed by atoms with Gasteiger partial charge in [0, 0.05) is 6.54 Å². The van der Waals surface area contributed by atoms with Crippen LogP contribution in [0.25, 0.3) is 0 Å². The summed E-state index contributed by atoms with van der Waals surface area (Å²) in [4.78, 5) is 13.2. The summed E-state index contributed by atoms with van der Waals surface area (Å²) in [6, 6.07) is 5.73. The van der Waals surface area contributed by atoms with Gasteiger partial charge < -0.3 is 14.8 Å². The van der Waals surface area contributed by atoms with Gasteiger partial charge in [-0.15, -0.1) is 0 Å².